The molecular weight excluding hydrogens is 276 g/mol. The summed E-state index contributed by atoms with van der Waals surface area (Å²) in [5, 5.41) is 12.0. The van der Waals surface area contributed by atoms with Crippen molar-refractivity contribution in [3.8, 4) is 0 Å². The number of amides is 1. The number of carbonyl (C=O) groups is 2. The van der Waals surface area contributed by atoms with E-state index in [-0.39, 0.29) is 12.1 Å². The van der Waals surface area contributed by atoms with Gasteiger partial charge < -0.3 is 19.9 Å². The zero-order valence-corrected chi connectivity index (χ0v) is 13.2. The molecule has 0 saturated carbocycles. The molecule has 2 atom stereocenters. The number of rotatable bonds is 5. The van der Waals surface area contributed by atoms with E-state index in [0.29, 0.717) is 32.7 Å². The number of nitrogens with zero attached hydrogens (tertiary/aromatic N) is 1. The van der Waals surface area contributed by atoms with E-state index < -0.39 is 17.6 Å². The molecule has 2 unspecified atom stereocenters. The highest BCUT2D eigenvalue weighted by Crippen LogP contribution is 2.14. The van der Waals surface area contributed by atoms with Gasteiger partial charge in [-0.25, -0.2) is 4.79 Å². The number of morpholine rings is 1. The molecule has 0 aromatic heterocycles. The Hall–Kier alpha value is -1.34. The zero-order valence-electron chi connectivity index (χ0n) is 13.2. The lowest BCUT2D eigenvalue weighted by atomic mass is 10.2. The van der Waals surface area contributed by atoms with Crippen LogP contribution in [0.3, 0.4) is 0 Å². The van der Waals surface area contributed by atoms with Crippen LogP contribution < -0.4 is 5.32 Å². The molecule has 0 aliphatic carbocycles. The number of hydrogen-bond donors (Lipinski definition) is 2. The maximum atomic E-state index is 12.2. The molecule has 0 aromatic rings. The van der Waals surface area contributed by atoms with Crippen LogP contribution in [0, 0.1) is 0 Å². The van der Waals surface area contributed by atoms with Crippen LogP contribution in [0.25, 0.3) is 0 Å². The Morgan fingerprint density at radius 2 is 2.14 bits per heavy atom. The van der Waals surface area contributed by atoms with Crippen LogP contribution in [-0.4, -0.2) is 66.1 Å². The van der Waals surface area contributed by atoms with E-state index in [1.807, 2.05) is 20.8 Å². The minimum absolute atomic E-state index is 0.220. The van der Waals surface area contributed by atoms with E-state index in [9.17, 15) is 9.59 Å². The summed E-state index contributed by atoms with van der Waals surface area (Å²) in [6.07, 6.45) is 0.0935. The fraction of sp³-hybridized carbons (Fsp3) is 0.857. The Balaban J connectivity index is 2.60. The van der Waals surface area contributed by atoms with Gasteiger partial charge in [-0.15, -0.1) is 0 Å². The van der Waals surface area contributed by atoms with Crippen molar-refractivity contribution in [2.24, 2.45) is 0 Å². The molecule has 0 radical (unpaired) electrons. The van der Waals surface area contributed by atoms with Gasteiger partial charge in [-0.1, -0.05) is 6.92 Å². The Labute approximate surface area is 125 Å². The topological polar surface area (TPSA) is 88.1 Å². The van der Waals surface area contributed by atoms with Crippen LogP contribution in [0.2, 0.25) is 0 Å². The van der Waals surface area contributed by atoms with Gasteiger partial charge in [0, 0.05) is 13.1 Å². The molecule has 1 saturated heterocycles. The standard InChI is InChI=1S/C14H26N2O5/c1-5-11(12(17)18)15-8-10-9-20-7-6-16(10)13(19)21-14(2,3)4/h10-11,15H,5-9H2,1-4H3,(H,17,18). The van der Waals surface area contributed by atoms with Gasteiger partial charge in [0.25, 0.3) is 0 Å². The molecule has 7 nitrogen and oxygen atoms in total. The van der Waals surface area contributed by atoms with Gasteiger partial charge in [0.15, 0.2) is 0 Å². The molecule has 21 heavy (non-hydrogen) atoms. The summed E-state index contributed by atoms with van der Waals surface area (Å²) in [5.74, 6) is -0.891. The number of carbonyl (C=O) groups excluding carboxylic acids is 1. The summed E-state index contributed by atoms with van der Waals surface area (Å²) in [5.41, 5.74) is -0.555. The van der Waals surface area contributed by atoms with Gasteiger partial charge in [-0.05, 0) is 27.2 Å². The SMILES string of the molecule is CCC(NCC1COCCN1C(=O)OC(C)(C)C)C(=O)O. The summed E-state index contributed by atoms with van der Waals surface area (Å²) in [6.45, 7) is 8.90. The molecule has 1 fully saturated rings. The van der Waals surface area contributed by atoms with Crippen LogP contribution in [0.1, 0.15) is 34.1 Å². The van der Waals surface area contributed by atoms with Crippen molar-refractivity contribution in [3.63, 3.8) is 0 Å². The van der Waals surface area contributed by atoms with E-state index in [4.69, 9.17) is 14.6 Å². The molecule has 0 aromatic carbocycles. The first-order valence-electron chi connectivity index (χ1n) is 7.28. The highest BCUT2D eigenvalue weighted by Gasteiger charge is 2.31. The molecule has 2 N–H and O–H groups in total. The van der Waals surface area contributed by atoms with Gasteiger partial charge in [-0.3, -0.25) is 9.69 Å². The average Bonchev–Trinajstić information content (AvgIpc) is 2.37. The molecule has 1 aliphatic rings. The molecule has 1 rings (SSSR count). The summed E-state index contributed by atoms with van der Waals surface area (Å²) in [6, 6.07) is -0.839. The highest BCUT2D eigenvalue weighted by molar-refractivity contribution is 5.73. The number of carboxylic acid groups (broad SMARTS) is 1. The van der Waals surface area contributed by atoms with Gasteiger partial charge in [0.1, 0.15) is 11.6 Å². The maximum absolute atomic E-state index is 12.2. The highest BCUT2D eigenvalue weighted by atomic mass is 16.6. The third-order valence-electron chi connectivity index (χ3n) is 3.16. The molecule has 7 heteroatoms. The van der Waals surface area contributed by atoms with Crippen LogP contribution >= 0.6 is 0 Å². The number of aliphatic carboxylic acids is 1. The number of ether oxygens (including phenoxy) is 2. The second kappa shape index (κ2) is 7.61. The number of nitrogens with one attached hydrogen (secondary N) is 1. The largest absolute Gasteiger partial charge is 0.480 e. The normalized spacial score (nSPS) is 21.0. The lowest BCUT2D eigenvalue weighted by Gasteiger charge is -2.37. The predicted molar refractivity (Wildman–Crippen MR) is 77.3 cm³/mol. The van der Waals surface area contributed by atoms with Crippen molar-refractivity contribution < 1.29 is 24.2 Å². The number of carboxylic acids is 1. The molecular formula is C14H26N2O5. The van der Waals surface area contributed by atoms with E-state index in [1.54, 1.807) is 11.8 Å². The van der Waals surface area contributed by atoms with E-state index in [0.717, 1.165) is 0 Å². The van der Waals surface area contributed by atoms with Crippen LogP contribution in [0.5, 0.6) is 0 Å². The van der Waals surface area contributed by atoms with Gasteiger partial charge in [-0.2, -0.15) is 0 Å². The molecule has 0 spiro atoms. The fourth-order valence-electron chi connectivity index (χ4n) is 2.07. The molecule has 1 aliphatic heterocycles. The first-order valence-corrected chi connectivity index (χ1v) is 7.28. The minimum Gasteiger partial charge on any atom is -0.480 e. The lowest BCUT2D eigenvalue weighted by Crippen LogP contribution is -2.55. The third-order valence-corrected chi connectivity index (χ3v) is 3.16. The lowest BCUT2D eigenvalue weighted by molar-refractivity contribution is -0.139. The quantitative estimate of drug-likeness (QED) is 0.790. The smallest absolute Gasteiger partial charge is 0.410 e. The molecule has 1 heterocycles. The Morgan fingerprint density at radius 3 is 2.67 bits per heavy atom. The van der Waals surface area contributed by atoms with Crippen molar-refractivity contribution in [2.45, 2.75) is 51.8 Å². The van der Waals surface area contributed by atoms with Gasteiger partial charge in [0.05, 0.1) is 19.3 Å². The molecule has 0 bridgehead atoms. The Bertz CT molecular complexity index is 367. The fourth-order valence-corrected chi connectivity index (χ4v) is 2.07. The minimum atomic E-state index is -0.891. The van der Waals surface area contributed by atoms with Crippen LogP contribution in [0.15, 0.2) is 0 Å². The van der Waals surface area contributed by atoms with Crippen molar-refractivity contribution >= 4 is 12.1 Å². The van der Waals surface area contributed by atoms with Crippen LogP contribution in [-0.2, 0) is 14.3 Å². The van der Waals surface area contributed by atoms with Crippen molar-refractivity contribution in [1.82, 2.24) is 10.2 Å². The zero-order chi connectivity index (χ0) is 16.0. The second-order valence-corrected chi connectivity index (χ2v) is 6.11. The predicted octanol–water partition coefficient (Wildman–Crippen LogP) is 1.08. The monoisotopic (exact) mass is 302 g/mol. The Kier molecular flexibility index (Phi) is 6.42. The average molecular weight is 302 g/mol. The third kappa shape index (κ3) is 5.89. The van der Waals surface area contributed by atoms with Crippen LogP contribution in [0.4, 0.5) is 4.79 Å². The van der Waals surface area contributed by atoms with Crippen molar-refractivity contribution in [2.75, 3.05) is 26.3 Å². The summed E-state index contributed by atoms with van der Waals surface area (Å²) in [7, 11) is 0. The first-order chi connectivity index (χ1) is 9.74. The van der Waals surface area contributed by atoms with Gasteiger partial charge >= 0.3 is 12.1 Å². The summed E-state index contributed by atoms with van der Waals surface area (Å²) in [4.78, 5) is 24.8. The van der Waals surface area contributed by atoms with Gasteiger partial charge in [0.2, 0.25) is 0 Å². The second-order valence-electron chi connectivity index (χ2n) is 6.11. The first kappa shape index (κ1) is 17.7. The summed E-state index contributed by atoms with van der Waals surface area (Å²) >= 11 is 0. The number of hydrogen-bond acceptors (Lipinski definition) is 5. The molecule has 1 amide bonds. The van der Waals surface area contributed by atoms with E-state index in [1.165, 1.54) is 0 Å². The van der Waals surface area contributed by atoms with Crippen molar-refractivity contribution in [1.29, 1.82) is 0 Å². The van der Waals surface area contributed by atoms with E-state index >= 15 is 0 Å². The van der Waals surface area contributed by atoms with E-state index in [2.05, 4.69) is 5.32 Å². The summed E-state index contributed by atoms with van der Waals surface area (Å²) < 4.78 is 10.8. The maximum Gasteiger partial charge on any atom is 0.410 e. The molecule has 122 valence electrons. The Morgan fingerprint density at radius 1 is 1.48 bits per heavy atom. The van der Waals surface area contributed by atoms with Crippen molar-refractivity contribution in [3.05, 3.63) is 0 Å².